The number of phenolic OH excluding ortho intramolecular Hbond substituents is 1. The van der Waals surface area contributed by atoms with E-state index in [9.17, 15) is 23.1 Å². The molecule has 1 aromatic heterocycles. The van der Waals surface area contributed by atoms with Crippen LogP contribution < -0.4 is 10.3 Å². The third-order valence-corrected chi connectivity index (χ3v) is 4.61. The molecule has 2 aliphatic heterocycles. The molecule has 0 atom stereocenters. The number of nitrogens with one attached hydrogen (secondary N) is 1. The summed E-state index contributed by atoms with van der Waals surface area (Å²) in [6, 6.07) is 4.85. The topological polar surface area (TPSA) is 78.5 Å². The van der Waals surface area contributed by atoms with E-state index in [1.807, 2.05) is 16.0 Å². The van der Waals surface area contributed by atoms with E-state index in [0.717, 1.165) is 11.1 Å². The van der Waals surface area contributed by atoms with E-state index in [1.165, 1.54) is 0 Å². The number of benzene rings is 1. The van der Waals surface area contributed by atoms with Crippen molar-refractivity contribution in [3.63, 3.8) is 0 Å². The number of nitrogens with zero attached hydrogens (tertiary/aromatic N) is 2. The average molecular weight is 379 g/mol. The van der Waals surface area contributed by atoms with Crippen LogP contribution in [0.15, 0.2) is 28.6 Å². The Morgan fingerprint density at radius 3 is 2.93 bits per heavy atom. The minimum atomic E-state index is -4.67. The molecule has 0 amide bonds. The maximum atomic E-state index is 12.8. The van der Waals surface area contributed by atoms with E-state index in [-0.39, 0.29) is 30.0 Å². The summed E-state index contributed by atoms with van der Waals surface area (Å²) in [5, 5.41) is 9.59. The van der Waals surface area contributed by atoms with E-state index in [4.69, 9.17) is 4.74 Å². The van der Waals surface area contributed by atoms with E-state index in [2.05, 4.69) is 4.98 Å². The van der Waals surface area contributed by atoms with Crippen molar-refractivity contribution < 1.29 is 23.0 Å². The number of H-pyrrole nitrogens is 1. The number of aromatic amines is 1. The Morgan fingerprint density at radius 2 is 2.15 bits per heavy atom. The highest BCUT2D eigenvalue weighted by Crippen LogP contribution is 2.30. The van der Waals surface area contributed by atoms with Crippen LogP contribution in [0.4, 0.5) is 13.2 Å². The number of rotatable bonds is 2. The van der Waals surface area contributed by atoms with Gasteiger partial charge >= 0.3 is 6.18 Å². The summed E-state index contributed by atoms with van der Waals surface area (Å²) in [6.45, 7) is 1.60. The van der Waals surface area contributed by atoms with Crippen LogP contribution in [-0.4, -0.2) is 39.7 Å². The van der Waals surface area contributed by atoms with Crippen molar-refractivity contribution in [1.29, 1.82) is 0 Å². The maximum absolute atomic E-state index is 12.8. The number of fused-ring (bicyclic) bond motifs is 2. The first-order valence-corrected chi connectivity index (χ1v) is 8.36. The third-order valence-electron chi connectivity index (χ3n) is 4.61. The summed E-state index contributed by atoms with van der Waals surface area (Å²) >= 11 is 0. The fourth-order valence-electron chi connectivity index (χ4n) is 3.34. The molecular formula is C18H16F3N3O3. The van der Waals surface area contributed by atoms with Gasteiger partial charge in [0.1, 0.15) is 18.1 Å². The van der Waals surface area contributed by atoms with Crippen molar-refractivity contribution in [1.82, 2.24) is 14.9 Å². The van der Waals surface area contributed by atoms with Gasteiger partial charge in [-0.05, 0) is 29.8 Å². The van der Waals surface area contributed by atoms with Crippen molar-refractivity contribution in [3.8, 4) is 11.5 Å². The molecule has 6 nitrogen and oxygen atoms in total. The molecular weight excluding hydrogens is 363 g/mol. The van der Waals surface area contributed by atoms with Crippen LogP contribution >= 0.6 is 0 Å². The molecule has 2 N–H and O–H groups in total. The number of alkyl halides is 3. The molecule has 0 bridgehead atoms. The van der Waals surface area contributed by atoms with Crippen LogP contribution in [0, 0.1) is 0 Å². The van der Waals surface area contributed by atoms with Gasteiger partial charge in [0.05, 0.1) is 11.3 Å². The highest BCUT2D eigenvalue weighted by Gasteiger charge is 2.36. The lowest BCUT2D eigenvalue weighted by molar-refractivity contribution is -0.145. The first kappa shape index (κ1) is 17.6. The zero-order valence-electron chi connectivity index (χ0n) is 14.1. The smallest absolute Gasteiger partial charge is 0.449 e. The summed E-state index contributed by atoms with van der Waals surface area (Å²) in [4.78, 5) is 19.5. The summed E-state index contributed by atoms with van der Waals surface area (Å²) in [5.74, 6) is -0.430. The van der Waals surface area contributed by atoms with Gasteiger partial charge in [-0.15, -0.1) is 0 Å². The van der Waals surface area contributed by atoms with Crippen molar-refractivity contribution in [2.45, 2.75) is 19.1 Å². The monoisotopic (exact) mass is 379 g/mol. The van der Waals surface area contributed by atoms with E-state index >= 15 is 0 Å². The zero-order valence-corrected chi connectivity index (χ0v) is 14.1. The Hall–Kier alpha value is -2.81. The molecule has 142 valence electrons. The molecule has 0 saturated heterocycles. The number of phenols is 1. The number of hydrogen-bond acceptors (Lipinski definition) is 5. The zero-order chi connectivity index (χ0) is 19.2. The van der Waals surface area contributed by atoms with Crippen LogP contribution in [0.5, 0.6) is 11.5 Å². The van der Waals surface area contributed by atoms with Gasteiger partial charge in [0.25, 0.3) is 5.56 Å². The molecule has 0 saturated carbocycles. The van der Waals surface area contributed by atoms with Gasteiger partial charge in [-0.2, -0.15) is 13.2 Å². The minimum absolute atomic E-state index is 0.139. The van der Waals surface area contributed by atoms with Gasteiger partial charge < -0.3 is 14.8 Å². The van der Waals surface area contributed by atoms with Gasteiger partial charge in [-0.25, -0.2) is 4.98 Å². The van der Waals surface area contributed by atoms with E-state index in [0.29, 0.717) is 25.4 Å². The molecule has 0 fully saturated rings. The number of halogens is 3. The fourth-order valence-corrected chi connectivity index (χ4v) is 3.34. The molecule has 9 heteroatoms. The summed E-state index contributed by atoms with van der Waals surface area (Å²) < 4.78 is 44.0. The van der Waals surface area contributed by atoms with Crippen molar-refractivity contribution in [2.75, 3.05) is 19.7 Å². The Balaban J connectivity index is 1.53. The summed E-state index contributed by atoms with van der Waals surface area (Å²) in [6.07, 6.45) is -2.48. The van der Waals surface area contributed by atoms with Crippen LogP contribution in [0.1, 0.15) is 22.6 Å². The van der Waals surface area contributed by atoms with Gasteiger partial charge in [0.15, 0.2) is 0 Å². The minimum Gasteiger partial charge on any atom is -0.508 e. The molecule has 27 heavy (non-hydrogen) atoms. The molecule has 2 aliphatic rings. The number of ether oxygens (including phenoxy) is 1. The highest BCUT2D eigenvalue weighted by molar-refractivity contribution is 5.64. The van der Waals surface area contributed by atoms with E-state index in [1.54, 1.807) is 18.2 Å². The largest absolute Gasteiger partial charge is 0.508 e. The van der Waals surface area contributed by atoms with Crippen LogP contribution in [0.3, 0.4) is 0 Å². The summed E-state index contributed by atoms with van der Waals surface area (Å²) in [5.41, 5.74) is 1.44. The first-order valence-electron chi connectivity index (χ1n) is 8.36. The highest BCUT2D eigenvalue weighted by atomic mass is 19.4. The van der Waals surface area contributed by atoms with Gasteiger partial charge in [0.2, 0.25) is 5.82 Å². The van der Waals surface area contributed by atoms with Crippen LogP contribution in [0.2, 0.25) is 0 Å². The Kier molecular flexibility index (Phi) is 4.18. The predicted molar refractivity (Wildman–Crippen MR) is 90.4 cm³/mol. The number of aromatic nitrogens is 2. The first-order chi connectivity index (χ1) is 12.8. The molecule has 3 heterocycles. The van der Waals surface area contributed by atoms with Gasteiger partial charge in [0, 0.05) is 31.6 Å². The Morgan fingerprint density at radius 1 is 1.33 bits per heavy atom. The van der Waals surface area contributed by atoms with Crippen molar-refractivity contribution >= 4 is 6.08 Å². The normalized spacial score (nSPS) is 16.9. The lowest BCUT2D eigenvalue weighted by atomic mass is 10.0. The molecule has 4 rings (SSSR count). The Labute approximate surface area is 151 Å². The van der Waals surface area contributed by atoms with Crippen molar-refractivity contribution in [3.05, 3.63) is 56.8 Å². The van der Waals surface area contributed by atoms with Crippen LogP contribution in [-0.2, 0) is 19.1 Å². The number of aromatic hydroxyl groups is 1. The standard InChI is InChI=1S/C18H16F3N3O3/c19-18(20,21)17-22-14-3-4-24(8-13(14)16(26)23-17)7-10-5-11-6-12(25)1-2-15(11)27-9-10/h1-2,5-6,25H,3-4,7-9H2,(H,22,23,26). The molecule has 0 spiro atoms. The van der Waals surface area contributed by atoms with Gasteiger partial charge in [-0.3, -0.25) is 9.69 Å². The molecule has 0 radical (unpaired) electrons. The Bertz CT molecular complexity index is 982. The average Bonchev–Trinajstić information content (AvgIpc) is 2.61. The maximum Gasteiger partial charge on any atom is 0.449 e. The fraction of sp³-hybridized carbons (Fsp3) is 0.333. The second-order valence-electron chi connectivity index (χ2n) is 6.61. The summed E-state index contributed by atoms with van der Waals surface area (Å²) in [7, 11) is 0. The molecule has 0 aliphatic carbocycles. The van der Waals surface area contributed by atoms with E-state index < -0.39 is 17.6 Å². The van der Waals surface area contributed by atoms with Crippen molar-refractivity contribution in [2.24, 2.45) is 0 Å². The third kappa shape index (κ3) is 3.55. The van der Waals surface area contributed by atoms with Crippen LogP contribution in [0.25, 0.3) is 6.08 Å². The molecule has 1 aromatic carbocycles. The lowest BCUT2D eigenvalue weighted by Gasteiger charge is -2.29. The lowest BCUT2D eigenvalue weighted by Crippen LogP contribution is -2.38. The molecule has 2 aromatic rings. The van der Waals surface area contributed by atoms with Gasteiger partial charge in [-0.1, -0.05) is 0 Å². The second kappa shape index (κ2) is 6.41. The quantitative estimate of drug-likeness (QED) is 0.838. The second-order valence-corrected chi connectivity index (χ2v) is 6.61. The molecule has 0 unspecified atom stereocenters. The number of hydrogen-bond donors (Lipinski definition) is 2. The SMILES string of the molecule is O=c1[nH]c(C(F)(F)F)nc2c1CN(CC1=Cc3cc(O)ccc3OC1)CC2. The predicted octanol–water partition coefficient (Wildman–Crippen LogP) is 2.33.